The van der Waals surface area contributed by atoms with Gasteiger partial charge in [0, 0.05) is 37.2 Å². The van der Waals surface area contributed by atoms with Gasteiger partial charge in [0.15, 0.2) is 5.65 Å². The van der Waals surface area contributed by atoms with Crippen molar-refractivity contribution in [1.29, 1.82) is 0 Å². The number of amides is 1. The van der Waals surface area contributed by atoms with Gasteiger partial charge in [-0.15, -0.1) is 0 Å². The Morgan fingerprint density at radius 3 is 2.64 bits per heavy atom. The topological polar surface area (TPSA) is 50.5 Å². The zero-order chi connectivity index (χ0) is 19.9. The molecule has 2 aromatic heterocycles. The maximum Gasteiger partial charge on any atom is 0.433 e. The maximum atomic E-state index is 13.6. The van der Waals surface area contributed by atoms with Crippen LogP contribution in [0.25, 0.3) is 5.65 Å². The quantitative estimate of drug-likeness (QED) is 0.778. The second kappa shape index (κ2) is 7.37. The van der Waals surface area contributed by atoms with E-state index in [1.165, 1.54) is 12.8 Å². The van der Waals surface area contributed by atoms with Crippen molar-refractivity contribution < 1.29 is 18.0 Å². The molecule has 0 radical (unpaired) electrons. The number of aromatic nitrogens is 3. The van der Waals surface area contributed by atoms with Crippen molar-refractivity contribution in [2.75, 3.05) is 13.1 Å². The van der Waals surface area contributed by atoms with Crippen LogP contribution in [0.4, 0.5) is 13.2 Å². The number of hydrogen-bond donors (Lipinski definition) is 0. The lowest BCUT2D eigenvalue weighted by Crippen LogP contribution is -2.40. The number of carbonyl (C=O) groups excluding carboxylic acids is 1. The molecule has 0 bridgehead atoms. The maximum absolute atomic E-state index is 13.6. The molecule has 2 aliphatic rings. The molecule has 1 saturated heterocycles. The molecule has 2 fully saturated rings. The van der Waals surface area contributed by atoms with Crippen LogP contribution in [0.5, 0.6) is 0 Å². The van der Waals surface area contributed by atoms with Crippen LogP contribution in [-0.4, -0.2) is 38.5 Å². The molecule has 0 unspecified atom stereocenters. The third-order valence-electron chi connectivity index (χ3n) is 5.99. The van der Waals surface area contributed by atoms with Crippen LogP contribution < -0.4 is 0 Å². The molecule has 4 rings (SSSR count). The number of piperidine rings is 1. The molecular formula is C20H25F3N4O. The summed E-state index contributed by atoms with van der Waals surface area (Å²) < 4.78 is 41.5. The van der Waals surface area contributed by atoms with Crippen molar-refractivity contribution in [3.63, 3.8) is 0 Å². The van der Waals surface area contributed by atoms with E-state index < -0.39 is 11.9 Å². The van der Waals surface area contributed by atoms with E-state index in [0.29, 0.717) is 36.8 Å². The fourth-order valence-electron chi connectivity index (χ4n) is 4.56. The normalized spacial score (nSPS) is 21.6. The number of nitrogens with zero attached hydrogens (tertiary/aromatic N) is 4. The first-order valence-corrected chi connectivity index (χ1v) is 10.0. The molecule has 28 heavy (non-hydrogen) atoms. The average Bonchev–Trinajstić information content (AvgIpc) is 3.28. The molecule has 1 saturated carbocycles. The van der Waals surface area contributed by atoms with Crippen LogP contribution in [0.2, 0.25) is 0 Å². The van der Waals surface area contributed by atoms with E-state index in [4.69, 9.17) is 0 Å². The Labute approximate surface area is 161 Å². The average molecular weight is 394 g/mol. The van der Waals surface area contributed by atoms with Gasteiger partial charge < -0.3 is 4.90 Å². The lowest BCUT2D eigenvalue weighted by molar-refractivity contribution is -0.143. The van der Waals surface area contributed by atoms with Crippen molar-refractivity contribution >= 4 is 11.6 Å². The molecule has 8 heteroatoms. The van der Waals surface area contributed by atoms with E-state index in [1.54, 1.807) is 13.0 Å². The lowest BCUT2D eigenvalue weighted by Gasteiger charge is -2.33. The van der Waals surface area contributed by atoms with E-state index >= 15 is 0 Å². The zero-order valence-electron chi connectivity index (χ0n) is 16.0. The Morgan fingerprint density at radius 1 is 1.18 bits per heavy atom. The highest BCUT2D eigenvalue weighted by Gasteiger charge is 2.36. The third kappa shape index (κ3) is 3.86. The minimum absolute atomic E-state index is 0.133. The van der Waals surface area contributed by atoms with Gasteiger partial charge in [-0.25, -0.2) is 9.50 Å². The number of aryl methyl sites for hydroxylation is 1. The zero-order valence-corrected chi connectivity index (χ0v) is 16.0. The molecule has 2 aromatic rings. The van der Waals surface area contributed by atoms with Crippen LogP contribution in [-0.2, 0) is 11.0 Å². The van der Waals surface area contributed by atoms with Gasteiger partial charge in [0.05, 0.1) is 5.69 Å². The first-order chi connectivity index (χ1) is 13.3. The SMILES string of the molecule is Cc1cc2nc([C@@H]3CCCN(C(=O)CC4CCCC4)C3)cc(C(F)(F)F)n2n1. The molecule has 1 aliphatic carbocycles. The van der Waals surface area contributed by atoms with Crippen molar-refractivity contribution in [2.45, 2.75) is 64.0 Å². The highest BCUT2D eigenvalue weighted by molar-refractivity contribution is 5.76. The number of halogens is 3. The van der Waals surface area contributed by atoms with E-state index in [1.807, 2.05) is 4.90 Å². The predicted octanol–water partition coefficient (Wildman–Crippen LogP) is 4.34. The largest absolute Gasteiger partial charge is 0.433 e. The monoisotopic (exact) mass is 394 g/mol. The van der Waals surface area contributed by atoms with Gasteiger partial charge in [-0.1, -0.05) is 12.8 Å². The molecule has 0 N–H and O–H groups in total. The predicted molar refractivity (Wildman–Crippen MR) is 97.9 cm³/mol. The molecule has 0 aromatic carbocycles. The molecule has 152 valence electrons. The van der Waals surface area contributed by atoms with E-state index in [0.717, 1.165) is 36.3 Å². The van der Waals surface area contributed by atoms with Crippen LogP contribution in [0.1, 0.15) is 67.9 Å². The fourth-order valence-corrected chi connectivity index (χ4v) is 4.56. The molecule has 3 heterocycles. The van der Waals surface area contributed by atoms with Crippen LogP contribution >= 0.6 is 0 Å². The highest BCUT2D eigenvalue weighted by atomic mass is 19.4. The molecule has 1 aliphatic heterocycles. The van der Waals surface area contributed by atoms with Gasteiger partial charge in [-0.2, -0.15) is 18.3 Å². The van der Waals surface area contributed by atoms with E-state index in [2.05, 4.69) is 10.1 Å². The summed E-state index contributed by atoms with van der Waals surface area (Å²) in [5.41, 5.74) is 0.289. The van der Waals surface area contributed by atoms with Gasteiger partial charge in [0.25, 0.3) is 0 Å². The molecule has 1 amide bonds. The number of fused-ring (bicyclic) bond motifs is 1. The summed E-state index contributed by atoms with van der Waals surface area (Å²) in [7, 11) is 0. The third-order valence-corrected chi connectivity index (χ3v) is 5.99. The number of rotatable bonds is 3. The van der Waals surface area contributed by atoms with Gasteiger partial charge in [-0.05, 0) is 44.6 Å². The molecule has 5 nitrogen and oxygen atoms in total. The van der Waals surface area contributed by atoms with Crippen molar-refractivity contribution in [3.05, 3.63) is 29.2 Å². The fraction of sp³-hybridized carbons (Fsp3) is 0.650. The second-order valence-corrected chi connectivity index (χ2v) is 8.15. The summed E-state index contributed by atoms with van der Waals surface area (Å²) in [5.74, 6) is 0.422. The van der Waals surface area contributed by atoms with Gasteiger partial charge in [-0.3, -0.25) is 4.79 Å². The van der Waals surface area contributed by atoms with Crippen LogP contribution in [0, 0.1) is 12.8 Å². The van der Waals surface area contributed by atoms with Crippen molar-refractivity contribution in [3.8, 4) is 0 Å². The Balaban J connectivity index is 1.57. The first-order valence-electron chi connectivity index (χ1n) is 10.0. The Morgan fingerprint density at radius 2 is 1.93 bits per heavy atom. The Kier molecular flexibility index (Phi) is 5.05. The summed E-state index contributed by atoms with van der Waals surface area (Å²) in [6.45, 7) is 2.78. The molecule has 0 spiro atoms. The van der Waals surface area contributed by atoms with Crippen molar-refractivity contribution in [2.24, 2.45) is 5.92 Å². The van der Waals surface area contributed by atoms with Gasteiger partial charge in [0.2, 0.25) is 5.91 Å². The second-order valence-electron chi connectivity index (χ2n) is 8.15. The highest BCUT2D eigenvalue weighted by Crippen LogP contribution is 2.34. The minimum Gasteiger partial charge on any atom is -0.342 e. The van der Waals surface area contributed by atoms with Gasteiger partial charge in [0.1, 0.15) is 5.69 Å². The number of carbonyl (C=O) groups is 1. The van der Waals surface area contributed by atoms with Crippen LogP contribution in [0.3, 0.4) is 0 Å². The summed E-state index contributed by atoms with van der Waals surface area (Å²) >= 11 is 0. The standard InChI is InChI=1S/C20H25F3N4O/c1-13-9-18-24-16(11-17(20(21,22)23)27(18)25-13)15-7-4-8-26(12-15)19(28)10-14-5-2-3-6-14/h9,11,14-15H,2-8,10,12H2,1H3/t15-/m1/s1. The Bertz CT molecular complexity index is 870. The summed E-state index contributed by atoms with van der Waals surface area (Å²) in [4.78, 5) is 19.0. The summed E-state index contributed by atoms with van der Waals surface area (Å²) in [6.07, 6.45) is 2.17. The van der Waals surface area contributed by atoms with E-state index in [9.17, 15) is 18.0 Å². The summed E-state index contributed by atoms with van der Waals surface area (Å²) in [6, 6.07) is 2.67. The van der Waals surface area contributed by atoms with Crippen molar-refractivity contribution in [1.82, 2.24) is 19.5 Å². The lowest BCUT2D eigenvalue weighted by atomic mass is 9.93. The number of likely N-dealkylation sites (tertiary alicyclic amines) is 1. The summed E-state index contributed by atoms with van der Waals surface area (Å²) in [5, 5.41) is 3.94. The Hall–Kier alpha value is -2.12. The van der Waals surface area contributed by atoms with Gasteiger partial charge >= 0.3 is 6.18 Å². The number of alkyl halides is 3. The van der Waals surface area contributed by atoms with E-state index in [-0.39, 0.29) is 17.5 Å². The number of hydrogen-bond acceptors (Lipinski definition) is 3. The first kappa shape index (κ1) is 19.2. The molecular weight excluding hydrogens is 369 g/mol. The minimum atomic E-state index is -4.51. The molecule has 1 atom stereocenters. The smallest absolute Gasteiger partial charge is 0.342 e. The van der Waals surface area contributed by atoms with Crippen LogP contribution in [0.15, 0.2) is 12.1 Å².